The average Bonchev–Trinajstić information content (AvgIpc) is 2.76. The second-order valence-electron chi connectivity index (χ2n) is 6.89. The van der Waals surface area contributed by atoms with Gasteiger partial charge in [-0.25, -0.2) is 4.79 Å². The predicted molar refractivity (Wildman–Crippen MR) is 119 cm³/mol. The van der Waals surface area contributed by atoms with Crippen molar-refractivity contribution in [1.82, 2.24) is 0 Å². The van der Waals surface area contributed by atoms with Crippen LogP contribution >= 0.6 is 0 Å². The molecule has 0 saturated heterocycles. The maximum atomic E-state index is 13.1. The summed E-state index contributed by atoms with van der Waals surface area (Å²) in [6.45, 7) is 7.77. The summed E-state index contributed by atoms with van der Waals surface area (Å²) in [5.74, 6) is -0.106. The highest BCUT2D eigenvalue weighted by Gasteiger charge is 2.23. The molecular formula is C23H25NO5S. The van der Waals surface area contributed by atoms with Crippen molar-refractivity contribution in [1.29, 1.82) is 0 Å². The van der Waals surface area contributed by atoms with E-state index >= 15 is 0 Å². The van der Waals surface area contributed by atoms with Crippen LogP contribution < -0.4 is 10.3 Å². The normalized spacial score (nSPS) is 12.0. The third-order valence-corrected chi connectivity index (χ3v) is 6.30. The molecule has 6 nitrogen and oxygen atoms in total. The number of aryl methyl sites for hydroxylation is 1. The Morgan fingerprint density at radius 3 is 2.47 bits per heavy atom. The molecule has 0 saturated carbocycles. The minimum atomic E-state index is -1.41. The summed E-state index contributed by atoms with van der Waals surface area (Å²) >= 11 is 0. The summed E-state index contributed by atoms with van der Waals surface area (Å²) in [5, 5.41) is 0.616. The number of nitrogens with zero attached hydrogens (tertiary/aromatic N) is 1. The smallest absolute Gasteiger partial charge is 0.339 e. The Labute approximate surface area is 177 Å². The van der Waals surface area contributed by atoms with Crippen LogP contribution in [0.4, 0.5) is 11.4 Å². The highest BCUT2D eigenvalue weighted by atomic mass is 32.2. The van der Waals surface area contributed by atoms with E-state index in [4.69, 9.17) is 9.15 Å². The van der Waals surface area contributed by atoms with Crippen molar-refractivity contribution in [3.63, 3.8) is 0 Å². The molecule has 30 heavy (non-hydrogen) atoms. The number of esters is 1. The maximum absolute atomic E-state index is 13.1. The Morgan fingerprint density at radius 1 is 1.13 bits per heavy atom. The van der Waals surface area contributed by atoms with E-state index in [1.165, 1.54) is 7.11 Å². The lowest BCUT2D eigenvalue weighted by Crippen LogP contribution is -2.21. The summed E-state index contributed by atoms with van der Waals surface area (Å²) in [7, 11) is -0.0751. The molecule has 0 spiro atoms. The van der Waals surface area contributed by atoms with Crippen molar-refractivity contribution in [2.45, 2.75) is 32.8 Å². The minimum absolute atomic E-state index is 0.192. The highest BCUT2D eigenvalue weighted by Crippen LogP contribution is 2.35. The van der Waals surface area contributed by atoms with Gasteiger partial charge in [0.15, 0.2) is 16.1 Å². The van der Waals surface area contributed by atoms with E-state index in [0.717, 1.165) is 5.56 Å². The molecule has 0 fully saturated rings. The van der Waals surface area contributed by atoms with Gasteiger partial charge in [-0.1, -0.05) is 19.1 Å². The Morgan fingerprint density at radius 2 is 1.83 bits per heavy atom. The molecule has 7 heteroatoms. The lowest BCUT2D eigenvalue weighted by Gasteiger charge is -2.26. The third kappa shape index (κ3) is 3.77. The van der Waals surface area contributed by atoms with E-state index in [9.17, 15) is 13.8 Å². The molecule has 1 heterocycles. The molecule has 1 aromatic heterocycles. The second kappa shape index (κ2) is 8.83. The molecule has 0 aliphatic carbocycles. The summed E-state index contributed by atoms with van der Waals surface area (Å²) in [5.41, 5.74) is 3.07. The van der Waals surface area contributed by atoms with Crippen LogP contribution in [-0.4, -0.2) is 29.6 Å². The van der Waals surface area contributed by atoms with Crippen LogP contribution in [0.1, 0.15) is 35.3 Å². The van der Waals surface area contributed by atoms with E-state index in [0.29, 0.717) is 45.8 Å². The highest BCUT2D eigenvalue weighted by molar-refractivity contribution is 7.84. The summed E-state index contributed by atoms with van der Waals surface area (Å²) < 4.78 is 23.5. The number of para-hydroxylation sites is 1. The standard InChI is InChI=1S/C23H25NO5S/c1-6-24(18-11-9-8-10-16(18)22(26)28-5)19-13-14(3)12-17-20(25)15(4)23(29-21(17)19)30(27)7-2/h8-13H,6-7H2,1-5H3. The van der Waals surface area contributed by atoms with Crippen LogP contribution in [0.3, 0.4) is 0 Å². The van der Waals surface area contributed by atoms with Crippen molar-refractivity contribution >= 4 is 39.1 Å². The first-order valence-electron chi connectivity index (χ1n) is 9.75. The molecular weight excluding hydrogens is 402 g/mol. The first kappa shape index (κ1) is 21.8. The first-order chi connectivity index (χ1) is 14.3. The average molecular weight is 428 g/mol. The lowest BCUT2D eigenvalue weighted by atomic mass is 10.1. The van der Waals surface area contributed by atoms with E-state index in [2.05, 4.69) is 0 Å². The fourth-order valence-corrected chi connectivity index (χ4v) is 4.38. The topological polar surface area (TPSA) is 76.8 Å². The Kier molecular flexibility index (Phi) is 6.41. The second-order valence-corrected chi connectivity index (χ2v) is 8.53. The molecule has 1 unspecified atom stereocenters. The van der Waals surface area contributed by atoms with Crippen molar-refractivity contribution < 1.29 is 18.2 Å². The van der Waals surface area contributed by atoms with Gasteiger partial charge in [0.1, 0.15) is 0 Å². The van der Waals surface area contributed by atoms with Crippen molar-refractivity contribution in [3.8, 4) is 0 Å². The third-order valence-electron chi connectivity index (χ3n) is 4.98. The molecule has 3 aromatic rings. The molecule has 0 bridgehead atoms. The van der Waals surface area contributed by atoms with E-state index in [-0.39, 0.29) is 10.5 Å². The van der Waals surface area contributed by atoms with Gasteiger partial charge < -0.3 is 14.1 Å². The number of hydrogen-bond acceptors (Lipinski definition) is 6. The molecule has 3 rings (SSSR count). The Hall–Kier alpha value is -2.93. The molecule has 0 aliphatic rings. The number of anilines is 2. The van der Waals surface area contributed by atoms with Crippen LogP contribution in [0, 0.1) is 13.8 Å². The van der Waals surface area contributed by atoms with Crippen molar-refractivity contribution in [3.05, 3.63) is 63.3 Å². The van der Waals surface area contributed by atoms with Gasteiger partial charge in [-0.3, -0.25) is 9.00 Å². The quantitative estimate of drug-likeness (QED) is 0.540. The Bertz CT molecular complexity index is 1200. The lowest BCUT2D eigenvalue weighted by molar-refractivity contribution is 0.0601. The molecule has 158 valence electrons. The van der Waals surface area contributed by atoms with E-state index < -0.39 is 16.8 Å². The van der Waals surface area contributed by atoms with Gasteiger partial charge in [-0.2, -0.15) is 0 Å². The van der Waals surface area contributed by atoms with Crippen LogP contribution in [0.5, 0.6) is 0 Å². The van der Waals surface area contributed by atoms with Gasteiger partial charge >= 0.3 is 5.97 Å². The number of carbonyl (C=O) groups is 1. The van der Waals surface area contributed by atoms with Crippen LogP contribution in [-0.2, 0) is 15.5 Å². The first-order valence-corrected chi connectivity index (χ1v) is 11.1. The number of fused-ring (bicyclic) bond motifs is 1. The number of ether oxygens (including phenoxy) is 1. The van der Waals surface area contributed by atoms with Gasteiger partial charge in [0, 0.05) is 17.9 Å². The number of rotatable bonds is 6. The zero-order valence-corrected chi connectivity index (χ0v) is 18.6. The van der Waals surface area contributed by atoms with E-state index in [1.54, 1.807) is 32.0 Å². The largest absolute Gasteiger partial charge is 0.465 e. The number of hydrogen-bond donors (Lipinski definition) is 0. The van der Waals surface area contributed by atoms with Crippen molar-refractivity contribution in [2.75, 3.05) is 24.3 Å². The van der Waals surface area contributed by atoms with E-state index in [1.807, 2.05) is 36.9 Å². The molecule has 1 atom stereocenters. The van der Waals surface area contributed by atoms with Gasteiger partial charge in [-0.15, -0.1) is 0 Å². The van der Waals surface area contributed by atoms with Crippen LogP contribution in [0.15, 0.2) is 50.7 Å². The minimum Gasteiger partial charge on any atom is -0.465 e. The summed E-state index contributed by atoms with van der Waals surface area (Å²) in [4.78, 5) is 27.3. The Balaban J connectivity index is 2.37. The molecule has 2 aromatic carbocycles. The molecule has 0 radical (unpaired) electrons. The summed E-state index contributed by atoms with van der Waals surface area (Å²) in [6, 6.07) is 10.8. The predicted octanol–water partition coefficient (Wildman–Crippen LogP) is 4.48. The number of benzene rings is 2. The zero-order valence-electron chi connectivity index (χ0n) is 17.8. The van der Waals surface area contributed by atoms with Crippen LogP contribution in [0.2, 0.25) is 0 Å². The van der Waals surface area contributed by atoms with Gasteiger partial charge in [0.25, 0.3) is 0 Å². The van der Waals surface area contributed by atoms with Gasteiger partial charge in [0.2, 0.25) is 0 Å². The SMILES string of the molecule is CCN(c1ccccc1C(=O)OC)c1cc(C)cc2c(=O)c(C)c(S(=O)CC)oc12. The fourth-order valence-electron chi connectivity index (χ4n) is 3.50. The maximum Gasteiger partial charge on any atom is 0.339 e. The molecule has 0 N–H and O–H groups in total. The van der Waals surface area contributed by atoms with Crippen LogP contribution in [0.25, 0.3) is 11.0 Å². The van der Waals surface area contributed by atoms with Crippen molar-refractivity contribution in [2.24, 2.45) is 0 Å². The fraction of sp³-hybridized carbons (Fsp3) is 0.304. The summed E-state index contributed by atoms with van der Waals surface area (Å²) in [6.07, 6.45) is 0. The van der Waals surface area contributed by atoms with Gasteiger partial charge in [-0.05, 0) is 50.6 Å². The molecule has 0 aliphatic heterocycles. The molecule has 0 amide bonds. The monoisotopic (exact) mass is 427 g/mol. The number of methoxy groups -OCH3 is 1. The number of carbonyl (C=O) groups excluding carboxylic acids is 1. The zero-order chi connectivity index (χ0) is 22.0. The van der Waals surface area contributed by atoms with Gasteiger partial charge in [0.05, 0.1) is 40.2 Å².